The van der Waals surface area contributed by atoms with E-state index >= 15 is 0 Å². The zero-order chi connectivity index (χ0) is 14.0. The number of carboxylic acids is 1. The Balaban J connectivity index is 0. The van der Waals surface area contributed by atoms with Crippen LogP contribution in [0.5, 0.6) is 0 Å². The van der Waals surface area contributed by atoms with Gasteiger partial charge in [-0.15, -0.1) is 0 Å². The van der Waals surface area contributed by atoms with E-state index < -0.39 is 40.4 Å². The van der Waals surface area contributed by atoms with Crippen LogP contribution in [0.1, 0.15) is 27.7 Å². The van der Waals surface area contributed by atoms with Crippen molar-refractivity contribution in [3.8, 4) is 0 Å². The topological polar surface area (TPSA) is 106 Å². The van der Waals surface area contributed by atoms with Gasteiger partial charge in [-0.1, -0.05) is 0 Å². The van der Waals surface area contributed by atoms with Gasteiger partial charge in [-0.05, 0) is 27.7 Å². The van der Waals surface area contributed by atoms with E-state index in [4.69, 9.17) is 5.11 Å². The summed E-state index contributed by atoms with van der Waals surface area (Å²) < 4.78 is 0. The summed E-state index contributed by atoms with van der Waals surface area (Å²) in [5.74, 6) is -7.31. The number of rotatable bonds is 6. The summed E-state index contributed by atoms with van der Waals surface area (Å²) in [5, 5.41) is 8.95. The number of carbonyl (C=O) groups excluding carboxylic acids is 4. The van der Waals surface area contributed by atoms with Crippen molar-refractivity contribution in [3.05, 3.63) is 0 Å². The third-order valence-corrected chi connectivity index (χ3v) is 2.75. The van der Waals surface area contributed by atoms with E-state index in [-0.39, 0.29) is 21.7 Å². The first-order valence-corrected chi connectivity index (χ1v) is 4.86. The molecule has 1 N–H and O–H groups in total. The molecule has 18 heavy (non-hydrogen) atoms. The molecule has 0 aromatic rings. The Morgan fingerprint density at radius 3 is 1.17 bits per heavy atom. The molecule has 0 heterocycles. The van der Waals surface area contributed by atoms with Crippen molar-refractivity contribution in [2.45, 2.75) is 27.7 Å². The van der Waals surface area contributed by atoms with E-state index in [0.717, 1.165) is 27.7 Å². The first-order valence-electron chi connectivity index (χ1n) is 4.86. The van der Waals surface area contributed by atoms with Crippen molar-refractivity contribution in [2.24, 2.45) is 11.3 Å². The quantitative estimate of drug-likeness (QED) is 0.546. The molecule has 0 radical (unpaired) electrons. The van der Waals surface area contributed by atoms with Crippen molar-refractivity contribution in [2.75, 3.05) is 0 Å². The predicted molar refractivity (Wildman–Crippen MR) is 56.3 cm³/mol. The van der Waals surface area contributed by atoms with E-state index in [1.807, 2.05) is 0 Å². The minimum atomic E-state index is -2.41. The number of Topliss-reactive ketones (excluding diaryl/α,β-unsaturated/α-hetero) is 4. The monoisotopic (exact) mass is 290 g/mol. The molecule has 0 aromatic heterocycles. The van der Waals surface area contributed by atoms with Crippen molar-refractivity contribution in [3.63, 3.8) is 0 Å². The molecule has 0 saturated heterocycles. The maximum atomic E-state index is 11.5. The molecule has 0 bridgehead atoms. The van der Waals surface area contributed by atoms with Gasteiger partial charge in [0.25, 0.3) is 0 Å². The first-order chi connectivity index (χ1) is 7.59. The largest absolute Gasteiger partial charge is 0.481 e. The van der Waals surface area contributed by atoms with E-state index in [2.05, 4.69) is 0 Å². The molecule has 0 fully saturated rings. The number of aliphatic carboxylic acids is 1. The molecule has 0 aliphatic carbocycles. The third-order valence-electron chi connectivity index (χ3n) is 2.75. The Kier molecular flexibility index (Phi) is 7.16. The summed E-state index contributed by atoms with van der Waals surface area (Å²) in [7, 11) is 0. The fourth-order valence-corrected chi connectivity index (χ4v) is 2.02. The van der Waals surface area contributed by atoms with Crippen molar-refractivity contribution < 1.29 is 50.8 Å². The molecule has 6 nitrogen and oxygen atoms in total. The Morgan fingerprint density at radius 1 is 0.833 bits per heavy atom. The van der Waals surface area contributed by atoms with Crippen LogP contribution >= 0.6 is 0 Å². The second-order valence-corrected chi connectivity index (χ2v) is 3.86. The maximum Gasteiger partial charge on any atom is 0.316 e. The molecule has 0 amide bonds. The van der Waals surface area contributed by atoms with E-state index in [9.17, 15) is 24.0 Å². The molecule has 0 aromatic carbocycles. The van der Waals surface area contributed by atoms with Gasteiger partial charge in [0.05, 0.1) is 0 Å². The van der Waals surface area contributed by atoms with Crippen LogP contribution in [0.3, 0.4) is 0 Å². The molecule has 7 heteroatoms. The van der Waals surface area contributed by atoms with Crippen LogP contribution in [0, 0.1) is 11.3 Å². The van der Waals surface area contributed by atoms with Gasteiger partial charge in [-0.25, -0.2) is 0 Å². The van der Waals surface area contributed by atoms with Crippen molar-refractivity contribution in [1.29, 1.82) is 0 Å². The minimum Gasteiger partial charge on any atom is -0.481 e. The summed E-state index contributed by atoms with van der Waals surface area (Å²) in [5.41, 5.74) is -2.41. The molecule has 1 unspecified atom stereocenters. The van der Waals surface area contributed by atoms with Crippen molar-refractivity contribution >= 4 is 29.1 Å². The zero-order valence-corrected chi connectivity index (χ0v) is 12.1. The molecule has 1 atom stereocenters. The second kappa shape index (κ2) is 6.70. The van der Waals surface area contributed by atoms with Gasteiger partial charge in [0.2, 0.25) is 0 Å². The molecule has 0 aliphatic heterocycles. The fourth-order valence-electron chi connectivity index (χ4n) is 2.02. The number of ketones is 4. The van der Waals surface area contributed by atoms with Gasteiger partial charge >= 0.3 is 5.97 Å². The van der Waals surface area contributed by atoms with E-state index in [0.29, 0.717) is 0 Å². The van der Waals surface area contributed by atoms with Gasteiger partial charge < -0.3 is 5.11 Å². The van der Waals surface area contributed by atoms with E-state index in [1.165, 1.54) is 0 Å². The number of carboxylic acid groups (broad SMARTS) is 1. The van der Waals surface area contributed by atoms with E-state index in [1.54, 1.807) is 0 Å². The summed E-state index contributed by atoms with van der Waals surface area (Å²) in [6.45, 7) is 3.73. The number of hydrogen-bond donors (Lipinski definition) is 1. The Morgan fingerprint density at radius 2 is 1.11 bits per heavy atom. The molecular weight excluding hydrogens is 276 g/mol. The van der Waals surface area contributed by atoms with Gasteiger partial charge in [-0.3, -0.25) is 24.0 Å². The van der Waals surface area contributed by atoms with Crippen LogP contribution in [0.4, 0.5) is 0 Å². The Hall–Kier alpha value is -1.14. The number of hydrogen-bond acceptors (Lipinski definition) is 5. The zero-order valence-electron chi connectivity index (χ0n) is 10.6. The predicted octanol–water partition coefficient (Wildman–Crippen LogP) is 0.0271. The average Bonchev–Trinajstić information content (AvgIpc) is 2.09. The Bertz CT molecular complexity index is 362. The fraction of sp³-hybridized carbons (Fsp3) is 0.545. The molecule has 98 valence electrons. The summed E-state index contributed by atoms with van der Waals surface area (Å²) in [4.78, 5) is 57.0. The van der Waals surface area contributed by atoms with Gasteiger partial charge in [0.15, 0.2) is 22.8 Å². The smallest absolute Gasteiger partial charge is 0.316 e. The average molecular weight is 290 g/mol. The number of carbonyl (C=O) groups is 5. The summed E-state index contributed by atoms with van der Waals surface area (Å²) in [6, 6.07) is 0. The molecule has 0 saturated carbocycles. The van der Waals surface area contributed by atoms with Crippen molar-refractivity contribution in [1.82, 2.24) is 0 Å². The van der Waals surface area contributed by atoms with Gasteiger partial charge in [0.1, 0.15) is 11.7 Å². The third kappa shape index (κ3) is 3.00. The van der Waals surface area contributed by atoms with Crippen LogP contribution < -0.4 is 0 Å². The normalized spacial score (nSPS) is 12.0. The van der Waals surface area contributed by atoms with Crippen LogP contribution in [0.25, 0.3) is 0 Å². The van der Waals surface area contributed by atoms with Crippen LogP contribution in [-0.4, -0.2) is 34.2 Å². The summed E-state index contributed by atoms with van der Waals surface area (Å²) in [6.07, 6.45) is 0. The van der Waals surface area contributed by atoms with Crippen LogP contribution in [-0.2, 0) is 45.7 Å². The summed E-state index contributed by atoms with van der Waals surface area (Å²) >= 11 is 0. The van der Waals surface area contributed by atoms with Crippen LogP contribution in [0.2, 0.25) is 0 Å². The first kappa shape index (κ1) is 19.2. The minimum absolute atomic E-state index is 0. The molecule has 0 spiro atoms. The Labute approximate surface area is 119 Å². The van der Waals surface area contributed by atoms with Gasteiger partial charge in [0, 0.05) is 21.7 Å². The standard InChI is InChI=1S/C11H14O6.Ti/c1-5(12)9(10(16)17)11(6(2)13,7(3)14)8(4)15;/h9H,1-4H3,(H,16,17);. The molecular formula is C11H14O6Ti. The van der Waals surface area contributed by atoms with Crippen LogP contribution in [0.15, 0.2) is 0 Å². The van der Waals surface area contributed by atoms with Gasteiger partial charge in [-0.2, -0.15) is 0 Å². The second-order valence-electron chi connectivity index (χ2n) is 3.86. The SMILES string of the molecule is CC(=O)C(C(=O)O)C(C(C)=O)(C(C)=O)C(C)=O.[Ti]. The molecule has 0 rings (SSSR count). The molecule has 0 aliphatic rings. The maximum absolute atomic E-state index is 11.5.